The molecule has 1 saturated carbocycles. The van der Waals surface area contributed by atoms with Crippen molar-refractivity contribution >= 4 is 17.6 Å². The van der Waals surface area contributed by atoms with Crippen molar-refractivity contribution in [3.05, 3.63) is 30.2 Å². The zero-order valence-corrected chi connectivity index (χ0v) is 12.8. The first-order chi connectivity index (χ1) is 11.1. The van der Waals surface area contributed by atoms with Crippen LogP contribution in [0.1, 0.15) is 43.1 Å². The van der Waals surface area contributed by atoms with Gasteiger partial charge in [-0.2, -0.15) is 10.2 Å². The van der Waals surface area contributed by atoms with Gasteiger partial charge >= 0.3 is 0 Å². The van der Waals surface area contributed by atoms with Crippen LogP contribution in [0, 0.1) is 0 Å². The van der Waals surface area contributed by atoms with Crippen molar-refractivity contribution in [1.29, 1.82) is 0 Å². The van der Waals surface area contributed by atoms with Gasteiger partial charge in [0.25, 0.3) is 5.91 Å². The van der Waals surface area contributed by atoms with Crippen LogP contribution in [0.15, 0.2) is 24.5 Å². The second kappa shape index (κ2) is 6.55. The first-order valence-corrected chi connectivity index (χ1v) is 7.59. The number of rotatable bonds is 4. The van der Waals surface area contributed by atoms with E-state index in [0.717, 1.165) is 25.7 Å². The van der Waals surface area contributed by atoms with E-state index in [1.165, 1.54) is 24.1 Å². The summed E-state index contributed by atoms with van der Waals surface area (Å²) < 4.78 is 0. The molecule has 0 bridgehead atoms. The SMILES string of the molecule is CC(=O)Nc1ccc(-n2nccn2)c(C(=O)NC2CCCC2)n1. The predicted octanol–water partition coefficient (Wildman–Crippen LogP) is 1.29. The largest absolute Gasteiger partial charge is 0.348 e. The van der Waals surface area contributed by atoms with Crippen molar-refractivity contribution in [2.24, 2.45) is 0 Å². The van der Waals surface area contributed by atoms with Gasteiger partial charge in [0.05, 0.1) is 12.4 Å². The van der Waals surface area contributed by atoms with Crippen molar-refractivity contribution < 1.29 is 9.59 Å². The van der Waals surface area contributed by atoms with Gasteiger partial charge in [-0.1, -0.05) is 12.8 Å². The van der Waals surface area contributed by atoms with E-state index in [1.807, 2.05) is 0 Å². The van der Waals surface area contributed by atoms with E-state index in [1.54, 1.807) is 12.1 Å². The second-order valence-corrected chi connectivity index (χ2v) is 5.52. The average Bonchev–Trinajstić information content (AvgIpc) is 3.19. The molecule has 120 valence electrons. The molecule has 2 N–H and O–H groups in total. The number of anilines is 1. The number of carbonyl (C=O) groups is 2. The molecule has 0 saturated heterocycles. The van der Waals surface area contributed by atoms with Crippen LogP contribution in [0.3, 0.4) is 0 Å². The Kier molecular flexibility index (Phi) is 4.31. The van der Waals surface area contributed by atoms with Gasteiger partial charge in [-0.15, -0.1) is 4.80 Å². The van der Waals surface area contributed by atoms with Gasteiger partial charge in [0, 0.05) is 13.0 Å². The number of nitrogens with one attached hydrogen (secondary N) is 2. The summed E-state index contributed by atoms with van der Waals surface area (Å²) in [6.07, 6.45) is 7.26. The highest BCUT2D eigenvalue weighted by Gasteiger charge is 2.22. The Bertz CT molecular complexity index is 707. The minimum atomic E-state index is -0.281. The third kappa shape index (κ3) is 3.53. The van der Waals surface area contributed by atoms with Gasteiger partial charge in [0.1, 0.15) is 11.5 Å². The van der Waals surface area contributed by atoms with Crippen LogP contribution in [0.4, 0.5) is 5.82 Å². The number of aromatic nitrogens is 4. The summed E-state index contributed by atoms with van der Waals surface area (Å²) in [5.41, 5.74) is 0.666. The Morgan fingerprint density at radius 2 is 1.87 bits per heavy atom. The fourth-order valence-corrected chi connectivity index (χ4v) is 2.69. The molecule has 2 heterocycles. The first-order valence-electron chi connectivity index (χ1n) is 7.59. The lowest BCUT2D eigenvalue weighted by atomic mass is 10.2. The fraction of sp³-hybridized carbons (Fsp3) is 0.400. The number of hydrogen-bond acceptors (Lipinski definition) is 5. The topological polar surface area (TPSA) is 102 Å². The van der Waals surface area contributed by atoms with E-state index in [4.69, 9.17) is 0 Å². The van der Waals surface area contributed by atoms with Crippen LogP contribution < -0.4 is 10.6 Å². The summed E-state index contributed by atoms with van der Waals surface area (Å²) in [4.78, 5) is 29.4. The van der Waals surface area contributed by atoms with Gasteiger partial charge < -0.3 is 10.6 Å². The number of carbonyl (C=O) groups excluding carboxylic acids is 2. The minimum Gasteiger partial charge on any atom is -0.348 e. The molecule has 0 radical (unpaired) electrons. The maximum atomic E-state index is 12.6. The minimum absolute atomic E-state index is 0.173. The molecule has 2 amide bonds. The maximum Gasteiger partial charge on any atom is 0.272 e. The first kappa shape index (κ1) is 15.1. The van der Waals surface area contributed by atoms with E-state index < -0.39 is 0 Å². The van der Waals surface area contributed by atoms with Crippen molar-refractivity contribution in [3.8, 4) is 5.69 Å². The third-order valence-corrected chi connectivity index (χ3v) is 3.72. The number of pyridine rings is 1. The molecule has 1 aliphatic carbocycles. The van der Waals surface area contributed by atoms with Crippen molar-refractivity contribution in [3.63, 3.8) is 0 Å². The molecule has 8 heteroatoms. The normalized spacial score (nSPS) is 14.7. The van der Waals surface area contributed by atoms with E-state index in [0.29, 0.717) is 11.5 Å². The Balaban J connectivity index is 1.92. The molecule has 8 nitrogen and oxygen atoms in total. The van der Waals surface area contributed by atoms with E-state index in [2.05, 4.69) is 25.8 Å². The molecular formula is C15H18N6O2. The lowest BCUT2D eigenvalue weighted by Crippen LogP contribution is -2.34. The van der Waals surface area contributed by atoms with Gasteiger partial charge in [0.15, 0.2) is 5.69 Å². The molecule has 3 rings (SSSR count). The summed E-state index contributed by atoms with van der Waals surface area (Å²) in [6.45, 7) is 1.39. The lowest BCUT2D eigenvalue weighted by Gasteiger charge is -2.14. The summed E-state index contributed by atoms with van der Waals surface area (Å²) in [6, 6.07) is 3.46. The molecule has 1 aliphatic rings. The molecule has 0 unspecified atom stereocenters. The van der Waals surface area contributed by atoms with Gasteiger partial charge in [-0.25, -0.2) is 4.98 Å². The summed E-state index contributed by atoms with van der Waals surface area (Å²) in [7, 11) is 0. The van der Waals surface area contributed by atoms with Crippen molar-refractivity contribution in [2.75, 3.05) is 5.32 Å². The molecule has 23 heavy (non-hydrogen) atoms. The smallest absolute Gasteiger partial charge is 0.272 e. The van der Waals surface area contributed by atoms with Gasteiger partial charge in [0.2, 0.25) is 5.91 Å². The number of nitrogens with zero attached hydrogens (tertiary/aromatic N) is 4. The molecule has 2 aromatic heterocycles. The Morgan fingerprint density at radius 3 is 2.52 bits per heavy atom. The number of hydrogen-bond donors (Lipinski definition) is 2. The molecule has 0 aromatic carbocycles. The van der Waals surface area contributed by atoms with Crippen LogP contribution >= 0.6 is 0 Å². The molecule has 2 aromatic rings. The standard InChI is InChI=1S/C15H18N6O2/c1-10(22)18-13-7-6-12(21-16-8-9-17-21)14(20-13)15(23)19-11-4-2-3-5-11/h6-9,11H,2-5H2,1H3,(H,19,23)(H,18,20,22). The van der Waals surface area contributed by atoms with E-state index in [-0.39, 0.29) is 23.6 Å². The zero-order valence-electron chi connectivity index (χ0n) is 12.8. The van der Waals surface area contributed by atoms with Gasteiger partial charge in [-0.3, -0.25) is 9.59 Å². The van der Waals surface area contributed by atoms with Gasteiger partial charge in [-0.05, 0) is 25.0 Å². The highest BCUT2D eigenvalue weighted by atomic mass is 16.2. The maximum absolute atomic E-state index is 12.6. The molecule has 1 fully saturated rings. The molecule has 0 atom stereocenters. The lowest BCUT2D eigenvalue weighted by molar-refractivity contribution is -0.114. The summed E-state index contributed by atoms with van der Waals surface area (Å²) in [5, 5.41) is 13.7. The molecule has 0 spiro atoms. The predicted molar refractivity (Wildman–Crippen MR) is 83.2 cm³/mol. The highest BCUT2D eigenvalue weighted by Crippen LogP contribution is 2.20. The Hall–Kier alpha value is -2.77. The van der Waals surface area contributed by atoms with Crippen LogP contribution in [0.5, 0.6) is 0 Å². The average molecular weight is 314 g/mol. The van der Waals surface area contributed by atoms with E-state index in [9.17, 15) is 9.59 Å². The number of amides is 2. The molecular weight excluding hydrogens is 296 g/mol. The fourth-order valence-electron chi connectivity index (χ4n) is 2.69. The quantitative estimate of drug-likeness (QED) is 0.885. The summed E-state index contributed by atoms with van der Waals surface area (Å²) in [5.74, 6) is -0.203. The van der Waals surface area contributed by atoms with Crippen LogP contribution in [-0.4, -0.2) is 37.8 Å². The zero-order chi connectivity index (χ0) is 16.2. The van der Waals surface area contributed by atoms with Crippen LogP contribution in [-0.2, 0) is 4.79 Å². The van der Waals surface area contributed by atoms with Crippen LogP contribution in [0.2, 0.25) is 0 Å². The third-order valence-electron chi connectivity index (χ3n) is 3.72. The second-order valence-electron chi connectivity index (χ2n) is 5.52. The monoisotopic (exact) mass is 314 g/mol. The van der Waals surface area contributed by atoms with Crippen molar-refractivity contribution in [1.82, 2.24) is 25.3 Å². The summed E-state index contributed by atoms with van der Waals surface area (Å²) >= 11 is 0. The van der Waals surface area contributed by atoms with Crippen LogP contribution in [0.25, 0.3) is 5.69 Å². The molecule has 0 aliphatic heterocycles. The highest BCUT2D eigenvalue weighted by molar-refractivity contribution is 5.97. The van der Waals surface area contributed by atoms with E-state index >= 15 is 0 Å². The Morgan fingerprint density at radius 1 is 1.17 bits per heavy atom. The Labute approximate surface area is 133 Å². The van der Waals surface area contributed by atoms with Crippen molar-refractivity contribution in [2.45, 2.75) is 38.6 Å².